The van der Waals surface area contributed by atoms with E-state index in [0.29, 0.717) is 30.3 Å². The van der Waals surface area contributed by atoms with Gasteiger partial charge in [0.05, 0.1) is 20.1 Å². The first kappa shape index (κ1) is 22.9. The molecule has 0 unspecified atom stereocenters. The summed E-state index contributed by atoms with van der Waals surface area (Å²) in [6.07, 6.45) is 1.77. The second kappa shape index (κ2) is 10.1. The largest absolute Gasteiger partial charge is 0.486 e. The molecule has 1 aliphatic heterocycles. The van der Waals surface area contributed by atoms with Gasteiger partial charge in [0.1, 0.15) is 6.61 Å². The smallest absolute Gasteiger partial charge is 0.264 e. The van der Waals surface area contributed by atoms with Gasteiger partial charge in [-0.2, -0.15) is 0 Å². The van der Waals surface area contributed by atoms with Crippen molar-refractivity contribution in [3.8, 4) is 5.75 Å². The Morgan fingerprint density at radius 1 is 1.09 bits per heavy atom. The number of halogens is 3. The molecule has 1 fully saturated rings. The van der Waals surface area contributed by atoms with Gasteiger partial charge in [-0.25, -0.2) is 4.99 Å². The predicted octanol–water partition coefficient (Wildman–Crippen LogP) is 7.53. The number of hydrogen-bond donors (Lipinski definition) is 1. The molecular weight excluding hydrogens is 531 g/mol. The molecule has 0 atom stereocenters. The lowest BCUT2D eigenvalue weighted by atomic mass is 10.2. The number of benzene rings is 3. The Labute approximate surface area is 208 Å². The molecule has 1 aliphatic rings. The van der Waals surface area contributed by atoms with Gasteiger partial charge < -0.3 is 10.1 Å². The van der Waals surface area contributed by atoms with Gasteiger partial charge in [0.15, 0.2) is 10.9 Å². The highest BCUT2D eigenvalue weighted by Crippen LogP contribution is 2.37. The van der Waals surface area contributed by atoms with Crippen LogP contribution in [0.25, 0.3) is 6.08 Å². The molecule has 162 valence electrons. The normalized spacial score (nSPS) is 15.9. The SMILES string of the molecule is Cc1ccc(N=C2NC(=O)/C(=C/c3cc(Cl)c(OCc4ccccc4Cl)c(Br)c3)S2)cc1. The first-order chi connectivity index (χ1) is 15.4. The van der Waals surface area contributed by atoms with E-state index in [1.165, 1.54) is 11.8 Å². The number of aliphatic imine (C=N–C) groups is 1. The quantitative estimate of drug-likeness (QED) is 0.336. The van der Waals surface area contributed by atoms with Crippen molar-refractivity contribution >= 4 is 73.7 Å². The van der Waals surface area contributed by atoms with E-state index >= 15 is 0 Å². The Hall–Kier alpha value is -2.25. The maximum Gasteiger partial charge on any atom is 0.264 e. The van der Waals surface area contributed by atoms with Crippen LogP contribution in [-0.4, -0.2) is 11.1 Å². The van der Waals surface area contributed by atoms with Gasteiger partial charge in [0.25, 0.3) is 5.91 Å². The average molecular weight is 548 g/mol. The van der Waals surface area contributed by atoms with Crippen molar-refractivity contribution < 1.29 is 9.53 Å². The summed E-state index contributed by atoms with van der Waals surface area (Å²) in [6, 6.07) is 18.9. The highest BCUT2D eigenvalue weighted by Gasteiger charge is 2.24. The highest BCUT2D eigenvalue weighted by atomic mass is 79.9. The number of rotatable bonds is 5. The van der Waals surface area contributed by atoms with Gasteiger partial charge in [0, 0.05) is 10.6 Å². The van der Waals surface area contributed by atoms with Gasteiger partial charge in [0.2, 0.25) is 0 Å². The molecule has 8 heteroatoms. The van der Waals surface area contributed by atoms with Crippen LogP contribution in [0.3, 0.4) is 0 Å². The fourth-order valence-electron chi connectivity index (χ4n) is 2.93. The first-order valence-electron chi connectivity index (χ1n) is 9.60. The van der Waals surface area contributed by atoms with Crippen molar-refractivity contribution in [2.45, 2.75) is 13.5 Å². The number of aryl methyl sites for hydroxylation is 1. The standard InChI is InChI=1S/C24H17BrCl2N2O2S/c1-14-6-8-17(9-7-14)28-24-29-23(30)21(32-24)12-15-10-18(25)22(20(27)11-15)31-13-16-4-2-3-5-19(16)26/h2-12H,13H2,1H3,(H,28,29,30)/b21-12-. The molecule has 0 bridgehead atoms. The van der Waals surface area contributed by atoms with E-state index in [2.05, 4.69) is 26.2 Å². The zero-order chi connectivity index (χ0) is 22.7. The van der Waals surface area contributed by atoms with Gasteiger partial charge in [-0.05, 0) is 76.6 Å². The van der Waals surface area contributed by atoms with Crippen molar-refractivity contribution in [1.29, 1.82) is 0 Å². The van der Waals surface area contributed by atoms with E-state index in [1.54, 1.807) is 12.1 Å². The molecule has 1 amide bonds. The molecule has 1 N–H and O–H groups in total. The lowest BCUT2D eigenvalue weighted by molar-refractivity contribution is -0.115. The number of amides is 1. The average Bonchev–Trinajstić information content (AvgIpc) is 3.09. The summed E-state index contributed by atoms with van der Waals surface area (Å²) >= 11 is 17.5. The molecule has 0 aromatic heterocycles. The van der Waals surface area contributed by atoms with Crippen LogP contribution in [0.2, 0.25) is 10.0 Å². The lowest BCUT2D eigenvalue weighted by Crippen LogP contribution is -2.19. The van der Waals surface area contributed by atoms with Gasteiger partial charge in [-0.1, -0.05) is 59.1 Å². The van der Waals surface area contributed by atoms with E-state index in [0.717, 1.165) is 22.4 Å². The summed E-state index contributed by atoms with van der Waals surface area (Å²) in [5.74, 6) is 0.311. The number of nitrogens with one attached hydrogen (secondary N) is 1. The third-order valence-corrected chi connectivity index (χ3v) is 6.71. The van der Waals surface area contributed by atoms with E-state index in [1.807, 2.05) is 61.5 Å². The summed E-state index contributed by atoms with van der Waals surface area (Å²) in [7, 11) is 0. The summed E-state index contributed by atoms with van der Waals surface area (Å²) in [6.45, 7) is 2.30. The fraction of sp³-hybridized carbons (Fsp3) is 0.0833. The van der Waals surface area contributed by atoms with Crippen LogP contribution in [-0.2, 0) is 11.4 Å². The van der Waals surface area contributed by atoms with Gasteiger partial charge in [-0.15, -0.1) is 0 Å². The molecule has 32 heavy (non-hydrogen) atoms. The third-order valence-electron chi connectivity index (χ3n) is 4.56. The Balaban J connectivity index is 1.51. The fourth-order valence-corrected chi connectivity index (χ4v) is 4.96. The molecule has 0 radical (unpaired) electrons. The van der Waals surface area contributed by atoms with E-state index in [4.69, 9.17) is 27.9 Å². The summed E-state index contributed by atoms with van der Waals surface area (Å²) in [5, 5.41) is 4.39. The minimum absolute atomic E-state index is 0.202. The van der Waals surface area contributed by atoms with E-state index in [9.17, 15) is 4.79 Å². The minimum Gasteiger partial charge on any atom is -0.486 e. The molecule has 0 saturated carbocycles. The van der Waals surface area contributed by atoms with Crippen LogP contribution < -0.4 is 10.1 Å². The first-order valence-corrected chi connectivity index (χ1v) is 12.0. The number of carbonyl (C=O) groups is 1. The molecule has 3 aromatic carbocycles. The maximum absolute atomic E-state index is 12.4. The zero-order valence-corrected chi connectivity index (χ0v) is 20.8. The molecule has 4 rings (SSSR count). The van der Waals surface area contributed by atoms with Gasteiger partial charge in [-0.3, -0.25) is 4.79 Å². The van der Waals surface area contributed by atoms with Crippen LogP contribution in [0.1, 0.15) is 16.7 Å². The molecular formula is C24H17BrCl2N2O2S. The van der Waals surface area contributed by atoms with E-state index < -0.39 is 0 Å². The van der Waals surface area contributed by atoms with Crippen LogP contribution in [0.4, 0.5) is 5.69 Å². The Morgan fingerprint density at radius 3 is 2.56 bits per heavy atom. The van der Waals surface area contributed by atoms with Crippen molar-refractivity contribution in [2.75, 3.05) is 0 Å². The second-order valence-electron chi connectivity index (χ2n) is 7.01. The molecule has 0 aliphatic carbocycles. The minimum atomic E-state index is -0.202. The number of ether oxygens (including phenoxy) is 1. The summed E-state index contributed by atoms with van der Waals surface area (Å²) < 4.78 is 6.57. The van der Waals surface area contributed by atoms with Crippen molar-refractivity contribution in [3.63, 3.8) is 0 Å². The Kier molecular flexibility index (Phi) is 7.26. The molecule has 1 heterocycles. The molecule has 1 saturated heterocycles. The van der Waals surface area contributed by atoms with Crippen molar-refractivity contribution in [1.82, 2.24) is 5.32 Å². The highest BCUT2D eigenvalue weighted by molar-refractivity contribution is 9.10. The van der Waals surface area contributed by atoms with Crippen molar-refractivity contribution in [3.05, 3.63) is 96.8 Å². The molecule has 3 aromatic rings. The Morgan fingerprint density at radius 2 is 1.84 bits per heavy atom. The summed E-state index contributed by atoms with van der Waals surface area (Å²) in [4.78, 5) is 17.4. The molecule has 0 spiro atoms. The topological polar surface area (TPSA) is 50.7 Å². The van der Waals surface area contributed by atoms with Gasteiger partial charge >= 0.3 is 0 Å². The van der Waals surface area contributed by atoms with E-state index in [-0.39, 0.29) is 12.5 Å². The zero-order valence-electron chi connectivity index (χ0n) is 16.9. The second-order valence-corrected chi connectivity index (χ2v) is 9.71. The number of amidine groups is 1. The van der Waals surface area contributed by atoms with Crippen LogP contribution >= 0.6 is 50.9 Å². The van der Waals surface area contributed by atoms with Crippen LogP contribution in [0, 0.1) is 6.92 Å². The number of thioether (sulfide) groups is 1. The van der Waals surface area contributed by atoms with Crippen molar-refractivity contribution in [2.24, 2.45) is 4.99 Å². The van der Waals surface area contributed by atoms with Crippen LogP contribution in [0.15, 0.2) is 75.0 Å². The number of nitrogens with zero attached hydrogens (tertiary/aromatic N) is 1. The Bertz CT molecular complexity index is 1220. The summed E-state index contributed by atoms with van der Waals surface area (Å²) in [5.41, 5.74) is 3.56. The third kappa shape index (κ3) is 5.56. The lowest BCUT2D eigenvalue weighted by Gasteiger charge is -2.12. The monoisotopic (exact) mass is 546 g/mol. The van der Waals surface area contributed by atoms with Crippen LogP contribution in [0.5, 0.6) is 5.75 Å². The maximum atomic E-state index is 12.4. The predicted molar refractivity (Wildman–Crippen MR) is 137 cm³/mol. The number of carbonyl (C=O) groups excluding carboxylic acids is 1. The number of hydrogen-bond acceptors (Lipinski definition) is 4. The molecule has 4 nitrogen and oxygen atoms in total.